The molecule has 3 atom stereocenters. The predicted octanol–water partition coefficient (Wildman–Crippen LogP) is 5.79. The molecule has 3 heterocycles. The van der Waals surface area contributed by atoms with Crippen LogP contribution >= 0.6 is 10.3 Å². The van der Waals surface area contributed by atoms with Crippen LogP contribution in [-0.2, 0) is 4.74 Å². The van der Waals surface area contributed by atoms with Gasteiger partial charge in [0.15, 0.2) is 12.3 Å². The van der Waals surface area contributed by atoms with E-state index in [1.165, 1.54) is 24.5 Å². The monoisotopic (exact) mass is 486 g/mol. The molecule has 0 bridgehead atoms. The highest BCUT2D eigenvalue weighted by molar-refractivity contribution is 8.42. The number of aliphatic imine (C=N–C) groups is 1. The summed E-state index contributed by atoms with van der Waals surface area (Å²) in [7, 11) is -1.94. The average molecular weight is 487 g/mol. The van der Waals surface area contributed by atoms with Gasteiger partial charge in [-0.05, 0) is 48.6 Å². The molecule has 2 aliphatic rings. The number of aromatic nitrogens is 2. The number of benzene rings is 2. The lowest BCUT2D eigenvalue weighted by Crippen LogP contribution is -2.26. The number of halogens is 2. The molecule has 10 heteroatoms. The number of hydrogen-bond donors (Lipinski definition) is 2. The van der Waals surface area contributed by atoms with Crippen molar-refractivity contribution in [2.45, 2.75) is 25.6 Å². The molecule has 1 saturated heterocycles. The highest BCUT2D eigenvalue weighted by atomic mass is 32.3. The quantitative estimate of drug-likeness (QED) is 0.339. The number of allylic oxidation sites excluding steroid dienone is 1. The zero-order valence-corrected chi connectivity index (χ0v) is 19.3. The van der Waals surface area contributed by atoms with Crippen molar-refractivity contribution < 1.29 is 22.8 Å². The molecule has 34 heavy (non-hydrogen) atoms. The second kappa shape index (κ2) is 9.28. The van der Waals surface area contributed by atoms with Gasteiger partial charge in [-0.3, -0.25) is 0 Å². The summed E-state index contributed by atoms with van der Waals surface area (Å²) in [6, 6.07) is 7.73. The lowest BCUT2D eigenvalue weighted by atomic mass is 10.1. The molecule has 3 aromatic rings. The Morgan fingerprint density at radius 2 is 2.15 bits per heavy atom. The molecule has 3 unspecified atom stereocenters. The van der Waals surface area contributed by atoms with Gasteiger partial charge in [0.05, 0.1) is 35.7 Å². The topological polar surface area (TPSA) is 88.9 Å². The van der Waals surface area contributed by atoms with Crippen LogP contribution in [0, 0.1) is 12.7 Å². The minimum Gasteiger partial charge on any atom is -0.483 e. The summed E-state index contributed by atoms with van der Waals surface area (Å²) in [4.78, 5) is 13.2. The Balaban J connectivity index is 1.46. The Morgan fingerprint density at radius 3 is 2.91 bits per heavy atom. The first-order valence-electron chi connectivity index (χ1n) is 10.8. The van der Waals surface area contributed by atoms with Crippen LogP contribution in [0.1, 0.15) is 12.0 Å². The van der Waals surface area contributed by atoms with Gasteiger partial charge in [0, 0.05) is 17.2 Å². The van der Waals surface area contributed by atoms with Gasteiger partial charge in [-0.15, -0.1) is 0 Å². The zero-order valence-electron chi connectivity index (χ0n) is 18.4. The summed E-state index contributed by atoms with van der Waals surface area (Å²) in [5.74, 6) is 0.862. The Kier molecular flexibility index (Phi) is 6.20. The van der Waals surface area contributed by atoms with Crippen molar-refractivity contribution in [3.8, 4) is 5.75 Å². The average Bonchev–Trinajstić information content (AvgIpc) is 3.43. The molecule has 1 fully saturated rings. The number of ether oxygens (including phenoxy) is 2. The predicted molar refractivity (Wildman–Crippen MR) is 131 cm³/mol. The largest absolute Gasteiger partial charge is 0.483 e. The second-order valence-electron chi connectivity index (χ2n) is 8.26. The number of anilines is 2. The van der Waals surface area contributed by atoms with Crippen LogP contribution in [0.4, 0.5) is 26.0 Å². The molecule has 5 rings (SSSR count). The summed E-state index contributed by atoms with van der Waals surface area (Å²) in [5.41, 5.74) is 4.28. The van der Waals surface area contributed by atoms with Gasteiger partial charge in [0.1, 0.15) is 23.7 Å². The van der Waals surface area contributed by atoms with Gasteiger partial charge >= 0.3 is 0 Å². The normalized spacial score (nSPS) is 26.2. The van der Waals surface area contributed by atoms with E-state index < -0.39 is 28.4 Å². The number of nitrogens with zero attached hydrogens (tertiary/aromatic N) is 3. The molecule has 0 amide bonds. The fraction of sp³-hybridized carbons (Fsp3) is 0.292. The maximum atomic E-state index is 14.0. The Labute approximate surface area is 197 Å². The number of alkyl halides is 1. The molecular weight excluding hydrogens is 462 g/mol. The smallest absolute Gasteiger partial charge is 0.162 e. The zero-order chi connectivity index (χ0) is 23.7. The lowest BCUT2D eigenvalue weighted by molar-refractivity contribution is 0.129. The van der Waals surface area contributed by atoms with Gasteiger partial charge in [0.25, 0.3) is 0 Å². The fourth-order valence-electron chi connectivity index (χ4n) is 3.95. The third kappa shape index (κ3) is 4.75. The number of nitrogens with one attached hydrogen (secondary N) is 1. The van der Waals surface area contributed by atoms with E-state index in [1.807, 2.05) is 30.5 Å². The number of fused-ring (bicyclic) bond motifs is 1. The lowest BCUT2D eigenvalue weighted by Gasteiger charge is -2.20. The first-order valence-corrected chi connectivity index (χ1v) is 12.7. The molecule has 2 aromatic carbocycles. The van der Waals surface area contributed by atoms with Gasteiger partial charge in [0.2, 0.25) is 0 Å². The molecule has 2 aliphatic heterocycles. The van der Waals surface area contributed by atoms with E-state index in [1.54, 1.807) is 5.55 Å². The molecule has 2 N–H and O–H groups in total. The molecule has 7 nitrogen and oxygen atoms in total. The van der Waals surface area contributed by atoms with E-state index in [4.69, 9.17) is 9.47 Å². The summed E-state index contributed by atoms with van der Waals surface area (Å²) < 4.78 is 49.3. The van der Waals surface area contributed by atoms with Crippen LogP contribution in [0.15, 0.2) is 53.1 Å². The van der Waals surface area contributed by atoms with Crippen molar-refractivity contribution in [3.05, 3.63) is 59.5 Å². The van der Waals surface area contributed by atoms with Crippen LogP contribution < -0.4 is 10.1 Å². The summed E-state index contributed by atoms with van der Waals surface area (Å²) in [6.07, 6.45) is 2.16. The van der Waals surface area contributed by atoms with E-state index in [0.29, 0.717) is 28.5 Å². The fourth-order valence-corrected chi connectivity index (χ4v) is 5.54. The van der Waals surface area contributed by atoms with Crippen molar-refractivity contribution in [2.24, 2.45) is 4.99 Å². The van der Waals surface area contributed by atoms with Gasteiger partial charge < -0.3 is 19.3 Å². The van der Waals surface area contributed by atoms with E-state index >= 15 is 0 Å². The molecule has 178 valence electrons. The summed E-state index contributed by atoms with van der Waals surface area (Å²) in [5, 5.41) is 5.78. The Bertz CT molecular complexity index is 1290. The van der Waals surface area contributed by atoms with Crippen LogP contribution in [-0.4, -0.2) is 51.3 Å². The first-order chi connectivity index (χ1) is 16.4. The molecule has 0 spiro atoms. The standard InChI is InChI=1S/C24H24F2N4O3S/c1-15-8-17(29-14-34(31)6-2-3-7-34)10-20-23(15)24(28-13-27-20)30-19-5-4-16(25)9-21(19)33-22-12-32-11-18(22)26/h2,4-6,8-10,13-14,18,22,31H,3,7,11-12H2,1H3,(H,27,28,30). The van der Waals surface area contributed by atoms with Crippen LogP contribution in [0.5, 0.6) is 5.75 Å². The van der Waals surface area contributed by atoms with Crippen LogP contribution in [0.25, 0.3) is 10.9 Å². The van der Waals surface area contributed by atoms with Crippen molar-refractivity contribution in [3.63, 3.8) is 0 Å². The van der Waals surface area contributed by atoms with E-state index in [2.05, 4.69) is 20.3 Å². The maximum Gasteiger partial charge on any atom is 0.162 e. The van der Waals surface area contributed by atoms with Crippen LogP contribution in [0.3, 0.4) is 0 Å². The highest BCUT2D eigenvalue weighted by Crippen LogP contribution is 2.47. The molecule has 0 saturated carbocycles. The van der Waals surface area contributed by atoms with E-state index in [-0.39, 0.29) is 19.0 Å². The van der Waals surface area contributed by atoms with Gasteiger partial charge in [-0.1, -0.05) is 16.4 Å². The van der Waals surface area contributed by atoms with Crippen LogP contribution in [0.2, 0.25) is 0 Å². The minimum atomic E-state index is -1.94. The molecule has 0 aliphatic carbocycles. The van der Waals surface area contributed by atoms with Crippen molar-refractivity contribution >= 4 is 44.0 Å². The van der Waals surface area contributed by atoms with E-state index in [0.717, 1.165) is 17.4 Å². The van der Waals surface area contributed by atoms with Crippen molar-refractivity contribution in [2.75, 3.05) is 24.3 Å². The molecular formula is C24H24F2N4O3S. The van der Waals surface area contributed by atoms with Crippen molar-refractivity contribution in [1.29, 1.82) is 0 Å². The molecule has 1 aromatic heterocycles. The third-order valence-corrected chi connectivity index (χ3v) is 7.71. The highest BCUT2D eigenvalue weighted by Gasteiger charge is 2.30. The van der Waals surface area contributed by atoms with Gasteiger partial charge in [-0.2, -0.15) is 0 Å². The summed E-state index contributed by atoms with van der Waals surface area (Å²) >= 11 is 0. The first kappa shape index (κ1) is 22.7. The Morgan fingerprint density at radius 1 is 1.26 bits per heavy atom. The minimum absolute atomic E-state index is 0.0432. The SMILES string of the molecule is Cc1cc(N=CS2(O)C=CCC2)cc2ncnc(Nc3ccc(F)cc3OC3COCC3F)c12. The second-order valence-corrected chi connectivity index (χ2v) is 10.8. The number of hydrogen-bond acceptors (Lipinski definition) is 7. The number of aryl methyl sites for hydroxylation is 1. The van der Waals surface area contributed by atoms with Crippen molar-refractivity contribution in [1.82, 2.24) is 9.97 Å². The summed E-state index contributed by atoms with van der Waals surface area (Å²) in [6.45, 7) is 1.97. The number of rotatable bonds is 6. The molecule has 0 radical (unpaired) electrons. The van der Waals surface area contributed by atoms with Gasteiger partial charge in [-0.25, -0.2) is 23.7 Å². The Hall–Kier alpha value is -3.08. The maximum absolute atomic E-state index is 14.0. The van der Waals surface area contributed by atoms with E-state index in [9.17, 15) is 13.3 Å². The third-order valence-electron chi connectivity index (χ3n) is 5.69.